The van der Waals surface area contributed by atoms with Gasteiger partial charge in [0.05, 0.1) is 6.20 Å². The summed E-state index contributed by atoms with van der Waals surface area (Å²) in [6.45, 7) is 0.890. The number of hydrogen-bond donors (Lipinski definition) is 0. The van der Waals surface area contributed by atoms with E-state index in [-0.39, 0.29) is 0 Å². The average molecular weight is 237 g/mol. The van der Waals surface area contributed by atoms with Crippen molar-refractivity contribution in [1.82, 2.24) is 15.0 Å². The maximum Gasteiger partial charge on any atom is 0.113 e. The molecule has 1 heterocycles. The van der Waals surface area contributed by atoms with Gasteiger partial charge in [-0.25, -0.2) is 0 Å². The minimum Gasteiger partial charge on any atom is -0.251 e. The molecule has 0 saturated heterocycles. The fraction of sp³-hybridized carbons (Fsp3) is 0.200. The second kappa shape index (κ2) is 5.00. The monoisotopic (exact) mass is 237 g/mol. The van der Waals surface area contributed by atoms with Gasteiger partial charge in [-0.2, -0.15) is 0 Å². The van der Waals surface area contributed by atoms with Crippen molar-refractivity contribution in [3.8, 4) is 11.3 Å². The highest BCUT2D eigenvalue weighted by Gasteiger charge is 2.09. The van der Waals surface area contributed by atoms with Gasteiger partial charge < -0.3 is 0 Å². The van der Waals surface area contributed by atoms with Gasteiger partial charge in [-0.05, 0) is 6.42 Å². The smallest absolute Gasteiger partial charge is 0.113 e. The summed E-state index contributed by atoms with van der Waals surface area (Å²) in [6, 6.07) is 10.1. The second-order valence-electron chi connectivity index (χ2n) is 4.50. The maximum absolute atomic E-state index is 4.22. The molecule has 0 aliphatic heterocycles. The van der Waals surface area contributed by atoms with E-state index in [9.17, 15) is 0 Å². The molecule has 0 fully saturated rings. The van der Waals surface area contributed by atoms with Crippen LogP contribution in [-0.2, 0) is 6.54 Å². The van der Waals surface area contributed by atoms with Crippen LogP contribution < -0.4 is 0 Å². The molecule has 90 valence electrons. The van der Waals surface area contributed by atoms with Gasteiger partial charge in [0.2, 0.25) is 0 Å². The van der Waals surface area contributed by atoms with E-state index in [1.54, 1.807) is 0 Å². The van der Waals surface area contributed by atoms with Gasteiger partial charge in [-0.3, -0.25) is 4.68 Å². The Bertz CT molecular complexity index is 566. The van der Waals surface area contributed by atoms with Crippen molar-refractivity contribution in [2.75, 3.05) is 0 Å². The third kappa shape index (κ3) is 2.40. The molecule has 1 atom stereocenters. The predicted octanol–water partition coefficient (Wildman–Crippen LogP) is 3.08. The van der Waals surface area contributed by atoms with E-state index in [2.05, 4.69) is 46.7 Å². The first kappa shape index (κ1) is 11.0. The SMILES string of the molecule is C1=CCC(Cn2cc(-c3ccccc3)nn2)C=C1. The van der Waals surface area contributed by atoms with E-state index in [0.29, 0.717) is 5.92 Å². The molecular formula is C15H15N3. The van der Waals surface area contributed by atoms with Crippen molar-refractivity contribution < 1.29 is 0 Å². The maximum atomic E-state index is 4.22. The molecule has 0 amide bonds. The molecule has 1 aromatic heterocycles. The minimum absolute atomic E-state index is 0.528. The Morgan fingerprint density at radius 2 is 2.06 bits per heavy atom. The standard InChI is InChI=1S/C15H15N3/c1-3-7-13(8-4-1)11-18-12-15(16-17-18)14-9-5-2-6-10-14/h1-7,9-10,12-13H,8,11H2. The van der Waals surface area contributed by atoms with Crippen LogP contribution in [0.5, 0.6) is 0 Å². The normalized spacial score (nSPS) is 18.1. The topological polar surface area (TPSA) is 30.7 Å². The van der Waals surface area contributed by atoms with Crippen molar-refractivity contribution in [3.63, 3.8) is 0 Å². The minimum atomic E-state index is 0.528. The molecule has 1 aliphatic rings. The first-order chi connectivity index (χ1) is 8.92. The highest BCUT2D eigenvalue weighted by molar-refractivity contribution is 5.57. The largest absolute Gasteiger partial charge is 0.251 e. The lowest BCUT2D eigenvalue weighted by Crippen LogP contribution is -2.09. The Morgan fingerprint density at radius 3 is 2.83 bits per heavy atom. The Labute approximate surface area is 106 Å². The van der Waals surface area contributed by atoms with Crippen molar-refractivity contribution in [2.24, 2.45) is 5.92 Å². The number of nitrogens with zero attached hydrogens (tertiary/aromatic N) is 3. The molecule has 1 aromatic carbocycles. The summed E-state index contributed by atoms with van der Waals surface area (Å²) in [5, 5.41) is 8.42. The van der Waals surface area contributed by atoms with Crippen LogP contribution in [0.25, 0.3) is 11.3 Å². The first-order valence-corrected chi connectivity index (χ1v) is 6.21. The van der Waals surface area contributed by atoms with Crippen molar-refractivity contribution in [2.45, 2.75) is 13.0 Å². The summed E-state index contributed by atoms with van der Waals surface area (Å²) < 4.78 is 1.93. The molecule has 1 aliphatic carbocycles. The van der Waals surface area contributed by atoms with E-state index in [1.807, 2.05) is 29.1 Å². The van der Waals surface area contributed by atoms with Gasteiger partial charge in [0, 0.05) is 18.0 Å². The van der Waals surface area contributed by atoms with E-state index < -0.39 is 0 Å². The molecule has 18 heavy (non-hydrogen) atoms. The Morgan fingerprint density at radius 1 is 1.17 bits per heavy atom. The Hall–Kier alpha value is -2.16. The lowest BCUT2D eigenvalue weighted by atomic mass is 10.0. The first-order valence-electron chi connectivity index (χ1n) is 6.21. The molecule has 1 unspecified atom stereocenters. The summed E-state index contributed by atoms with van der Waals surface area (Å²) in [4.78, 5) is 0. The van der Waals surface area contributed by atoms with Gasteiger partial charge in [0.1, 0.15) is 5.69 Å². The number of hydrogen-bond acceptors (Lipinski definition) is 2. The van der Waals surface area contributed by atoms with Gasteiger partial charge >= 0.3 is 0 Å². The molecule has 3 rings (SSSR count). The molecule has 0 bridgehead atoms. The van der Waals surface area contributed by atoms with Crippen LogP contribution in [0, 0.1) is 5.92 Å². The average Bonchev–Trinajstić information content (AvgIpc) is 2.89. The van der Waals surface area contributed by atoms with E-state index in [1.165, 1.54) is 0 Å². The highest BCUT2D eigenvalue weighted by atomic mass is 15.4. The summed E-state index contributed by atoms with van der Waals surface area (Å²) >= 11 is 0. The van der Waals surface area contributed by atoms with Crippen LogP contribution in [0.2, 0.25) is 0 Å². The number of rotatable bonds is 3. The molecule has 0 N–H and O–H groups in total. The van der Waals surface area contributed by atoms with E-state index >= 15 is 0 Å². The van der Waals surface area contributed by atoms with E-state index in [0.717, 1.165) is 24.2 Å². The fourth-order valence-electron chi connectivity index (χ4n) is 2.14. The molecule has 0 spiro atoms. The number of allylic oxidation sites excluding steroid dienone is 4. The molecule has 3 heteroatoms. The Balaban J connectivity index is 1.74. The van der Waals surface area contributed by atoms with Crippen molar-refractivity contribution in [3.05, 3.63) is 60.8 Å². The second-order valence-corrected chi connectivity index (χ2v) is 4.50. The molecule has 3 nitrogen and oxygen atoms in total. The third-order valence-electron chi connectivity index (χ3n) is 3.10. The quantitative estimate of drug-likeness (QED) is 0.821. The lowest BCUT2D eigenvalue weighted by molar-refractivity contribution is 0.479. The summed E-state index contributed by atoms with van der Waals surface area (Å²) in [7, 11) is 0. The third-order valence-corrected chi connectivity index (χ3v) is 3.10. The van der Waals surface area contributed by atoms with Crippen LogP contribution in [0.1, 0.15) is 6.42 Å². The highest BCUT2D eigenvalue weighted by Crippen LogP contribution is 2.17. The van der Waals surface area contributed by atoms with Crippen molar-refractivity contribution in [1.29, 1.82) is 0 Å². The molecular weight excluding hydrogens is 222 g/mol. The van der Waals surface area contributed by atoms with Crippen molar-refractivity contribution >= 4 is 0 Å². The van der Waals surface area contributed by atoms with Crippen LogP contribution >= 0.6 is 0 Å². The van der Waals surface area contributed by atoms with Crippen LogP contribution in [0.3, 0.4) is 0 Å². The van der Waals surface area contributed by atoms with Gasteiger partial charge in [-0.15, -0.1) is 5.10 Å². The van der Waals surface area contributed by atoms with Crippen LogP contribution in [-0.4, -0.2) is 15.0 Å². The number of aromatic nitrogens is 3. The zero-order valence-corrected chi connectivity index (χ0v) is 10.1. The molecule has 2 aromatic rings. The molecule has 0 saturated carbocycles. The molecule has 0 radical (unpaired) electrons. The van der Waals surface area contributed by atoms with Gasteiger partial charge in [0.25, 0.3) is 0 Å². The van der Waals surface area contributed by atoms with Crippen LogP contribution in [0.15, 0.2) is 60.8 Å². The zero-order valence-electron chi connectivity index (χ0n) is 10.1. The Kier molecular flexibility index (Phi) is 3.05. The van der Waals surface area contributed by atoms with Crippen LogP contribution in [0.4, 0.5) is 0 Å². The lowest BCUT2D eigenvalue weighted by Gasteiger charge is -2.11. The van der Waals surface area contributed by atoms with Gasteiger partial charge in [0.15, 0.2) is 0 Å². The fourth-order valence-corrected chi connectivity index (χ4v) is 2.14. The van der Waals surface area contributed by atoms with Gasteiger partial charge in [-0.1, -0.05) is 59.8 Å². The zero-order chi connectivity index (χ0) is 12.2. The van der Waals surface area contributed by atoms with E-state index in [4.69, 9.17) is 0 Å². The summed E-state index contributed by atoms with van der Waals surface area (Å²) in [5.74, 6) is 0.528. The summed E-state index contributed by atoms with van der Waals surface area (Å²) in [6.07, 6.45) is 11.7. The number of benzene rings is 1. The summed E-state index contributed by atoms with van der Waals surface area (Å²) in [5.41, 5.74) is 2.05. The predicted molar refractivity (Wildman–Crippen MR) is 71.8 cm³/mol.